The number of rotatable bonds is 2. The number of hydrogen-bond acceptors (Lipinski definition) is 2. The molecule has 1 atom stereocenters. The highest BCUT2D eigenvalue weighted by Gasteiger charge is 2.10. The summed E-state index contributed by atoms with van der Waals surface area (Å²) in [6, 6.07) is 4.88. The van der Waals surface area contributed by atoms with Crippen LogP contribution in [-0.2, 0) is 4.79 Å². The lowest BCUT2D eigenvalue weighted by atomic mass is 10.3. The van der Waals surface area contributed by atoms with E-state index < -0.39 is 0 Å². The van der Waals surface area contributed by atoms with Gasteiger partial charge in [-0.3, -0.25) is 4.79 Å². The molecule has 0 saturated heterocycles. The molecule has 0 aromatic heterocycles. The summed E-state index contributed by atoms with van der Waals surface area (Å²) in [4.78, 5) is 11.3. The predicted octanol–water partition coefficient (Wildman–Crippen LogP) is 3.25. The third kappa shape index (κ3) is 3.08. The van der Waals surface area contributed by atoms with E-state index in [1.807, 2.05) is 0 Å². The number of hydrogen-bond donors (Lipinski definition) is 2. The number of thiol groups is 1. The van der Waals surface area contributed by atoms with Gasteiger partial charge in [0.05, 0.1) is 16.0 Å². The number of anilines is 1. The van der Waals surface area contributed by atoms with E-state index in [0.717, 1.165) is 0 Å². The lowest BCUT2D eigenvalue weighted by Crippen LogP contribution is -2.20. The maximum Gasteiger partial charge on any atom is 0.236 e. The van der Waals surface area contributed by atoms with E-state index in [0.29, 0.717) is 15.7 Å². The van der Waals surface area contributed by atoms with Crippen molar-refractivity contribution in [2.45, 2.75) is 12.2 Å². The Hall–Kier alpha value is -0.380. The molecule has 1 amide bonds. The fourth-order valence-corrected chi connectivity index (χ4v) is 1.23. The SMILES string of the molecule is CC(S)C(=O)Nc1cc(Cl)ccc1Cl. The van der Waals surface area contributed by atoms with Gasteiger partial charge in [-0.15, -0.1) is 0 Å². The largest absolute Gasteiger partial charge is 0.324 e. The molecule has 0 aliphatic rings. The minimum absolute atomic E-state index is 0.211. The van der Waals surface area contributed by atoms with Crippen LogP contribution in [0.15, 0.2) is 18.2 Å². The number of carbonyl (C=O) groups is 1. The first-order chi connectivity index (χ1) is 6.50. The van der Waals surface area contributed by atoms with Gasteiger partial charge in [0.1, 0.15) is 0 Å². The minimum Gasteiger partial charge on any atom is -0.324 e. The summed E-state index contributed by atoms with van der Waals surface area (Å²) in [5.41, 5.74) is 0.505. The normalized spacial score (nSPS) is 12.3. The highest BCUT2D eigenvalue weighted by Crippen LogP contribution is 2.25. The monoisotopic (exact) mass is 249 g/mol. The minimum atomic E-state index is -0.384. The summed E-state index contributed by atoms with van der Waals surface area (Å²) in [5.74, 6) is -0.211. The lowest BCUT2D eigenvalue weighted by Gasteiger charge is -2.08. The van der Waals surface area contributed by atoms with Crippen molar-refractivity contribution in [2.24, 2.45) is 0 Å². The molecule has 76 valence electrons. The van der Waals surface area contributed by atoms with Crippen LogP contribution < -0.4 is 5.32 Å². The average molecular weight is 250 g/mol. The zero-order valence-electron chi connectivity index (χ0n) is 7.42. The van der Waals surface area contributed by atoms with Crippen LogP contribution in [0.25, 0.3) is 0 Å². The molecular weight excluding hydrogens is 241 g/mol. The van der Waals surface area contributed by atoms with E-state index in [4.69, 9.17) is 23.2 Å². The molecule has 1 aromatic carbocycles. The molecule has 0 bridgehead atoms. The zero-order chi connectivity index (χ0) is 10.7. The molecule has 1 rings (SSSR count). The van der Waals surface area contributed by atoms with Crippen LogP contribution in [0.1, 0.15) is 6.92 Å². The van der Waals surface area contributed by atoms with Gasteiger partial charge in [0, 0.05) is 5.02 Å². The second kappa shape index (κ2) is 4.91. The van der Waals surface area contributed by atoms with Crippen LogP contribution in [-0.4, -0.2) is 11.2 Å². The predicted molar refractivity (Wildman–Crippen MR) is 63.5 cm³/mol. The van der Waals surface area contributed by atoms with Crippen LogP contribution in [0.4, 0.5) is 5.69 Å². The van der Waals surface area contributed by atoms with Gasteiger partial charge in [-0.25, -0.2) is 0 Å². The Morgan fingerprint density at radius 1 is 1.50 bits per heavy atom. The molecule has 0 heterocycles. The molecule has 1 unspecified atom stereocenters. The Kier molecular flexibility index (Phi) is 4.11. The molecule has 1 N–H and O–H groups in total. The van der Waals surface area contributed by atoms with Gasteiger partial charge in [0.25, 0.3) is 0 Å². The molecule has 5 heteroatoms. The van der Waals surface area contributed by atoms with E-state index in [1.165, 1.54) is 0 Å². The van der Waals surface area contributed by atoms with Crippen LogP contribution in [0.2, 0.25) is 10.0 Å². The summed E-state index contributed by atoms with van der Waals surface area (Å²) in [6.07, 6.45) is 0. The fourth-order valence-electron chi connectivity index (χ4n) is 0.830. The second-order valence-corrected chi connectivity index (χ2v) is 4.41. The van der Waals surface area contributed by atoms with Crippen molar-refractivity contribution in [1.29, 1.82) is 0 Å². The maximum atomic E-state index is 11.3. The van der Waals surface area contributed by atoms with Crippen molar-refractivity contribution < 1.29 is 4.79 Å². The standard InChI is InChI=1S/C9H9Cl2NOS/c1-5(14)9(13)12-8-4-6(10)2-3-7(8)11/h2-5,14H,1H3,(H,12,13). The highest BCUT2D eigenvalue weighted by atomic mass is 35.5. The first-order valence-corrected chi connectivity index (χ1v) is 5.22. The van der Waals surface area contributed by atoms with Gasteiger partial charge in [-0.1, -0.05) is 23.2 Å². The summed E-state index contributed by atoms with van der Waals surface area (Å²) in [5, 5.41) is 3.21. The summed E-state index contributed by atoms with van der Waals surface area (Å²) >= 11 is 15.6. The van der Waals surface area contributed by atoms with E-state index in [1.54, 1.807) is 25.1 Å². The fraction of sp³-hybridized carbons (Fsp3) is 0.222. The van der Waals surface area contributed by atoms with Crippen molar-refractivity contribution in [1.82, 2.24) is 0 Å². The maximum absolute atomic E-state index is 11.3. The van der Waals surface area contributed by atoms with Crippen molar-refractivity contribution in [3.8, 4) is 0 Å². The third-order valence-corrected chi connectivity index (χ3v) is 2.36. The smallest absolute Gasteiger partial charge is 0.236 e. The number of benzene rings is 1. The molecular formula is C9H9Cl2NOS. The molecule has 14 heavy (non-hydrogen) atoms. The van der Waals surface area contributed by atoms with Crippen LogP contribution in [0.5, 0.6) is 0 Å². The van der Waals surface area contributed by atoms with Crippen molar-refractivity contribution >= 4 is 47.4 Å². The second-order valence-electron chi connectivity index (χ2n) is 2.79. The Balaban J connectivity index is 2.86. The molecule has 0 fully saturated rings. The molecule has 0 radical (unpaired) electrons. The van der Waals surface area contributed by atoms with E-state index >= 15 is 0 Å². The van der Waals surface area contributed by atoms with Crippen LogP contribution in [0.3, 0.4) is 0 Å². The number of halogens is 2. The van der Waals surface area contributed by atoms with E-state index in [2.05, 4.69) is 17.9 Å². The van der Waals surface area contributed by atoms with Crippen LogP contribution >= 0.6 is 35.8 Å². The number of nitrogens with one attached hydrogen (secondary N) is 1. The van der Waals surface area contributed by atoms with Gasteiger partial charge < -0.3 is 5.32 Å². The Bertz CT molecular complexity index is 355. The zero-order valence-corrected chi connectivity index (χ0v) is 9.83. The van der Waals surface area contributed by atoms with Crippen molar-refractivity contribution in [3.05, 3.63) is 28.2 Å². The van der Waals surface area contributed by atoms with Crippen molar-refractivity contribution in [3.63, 3.8) is 0 Å². The Labute approximate surface area is 98.0 Å². The molecule has 0 aliphatic heterocycles. The summed E-state index contributed by atoms with van der Waals surface area (Å²) in [6.45, 7) is 1.68. The Morgan fingerprint density at radius 3 is 2.71 bits per heavy atom. The van der Waals surface area contributed by atoms with Crippen molar-refractivity contribution in [2.75, 3.05) is 5.32 Å². The lowest BCUT2D eigenvalue weighted by molar-refractivity contribution is -0.115. The first-order valence-electron chi connectivity index (χ1n) is 3.94. The first kappa shape index (κ1) is 11.7. The quantitative estimate of drug-likeness (QED) is 0.775. The summed E-state index contributed by atoms with van der Waals surface area (Å²) in [7, 11) is 0. The van der Waals surface area contributed by atoms with Gasteiger partial charge in [-0.05, 0) is 25.1 Å². The van der Waals surface area contributed by atoms with Gasteiger partial charge >= 0.3 is 0 Å². The van der Waals surface area contributed by atoms with E-state index in [-0.39, 0.29) is 11.2 Å². The molecule has 0 saturated carbocycles. The molecule has 2 nitrogen and oxygen atoms in total. The van der Waals surface area contributed by atoms with E-state index in [9.17, 15) is 4.79 Å². The number of carbonyl (C=O) groups excluding carboxylic acids is 1. The Morgan fingerprint density at radius 2 is 2.14 bits per heavy atom. The van der Waals surface area contributed by atoms with Gasteiger partial charge in [0.15, 0.2) is 0 Å². The van der Waals surface area contributed by atoms with Gasteiger partial charge in [0.2, 0.25) is 5.91 Å². The topological polar surface area (TPSA) is 29.1 Å². The number of amides is 1. The molecule has 1 aromatic rings. The highest BCUT2D eigenvalue weighted by molar-refractivity contribution is 7.81. The van der Waals surface area contributed by atoms with Gasteiger partial charge in [-0.2, -0.15) is 12.6 Å². The molecule has 0 spiro atoms. The van der Waals surface area contributed by atoms with Crippen LogP contribution in [0, 0.1) is 0 Å². The third-order valence-electron chi connectivity index (χ3n) is 1.57. The summed E-state index contributed by atoms with van der Waals surface area (Å²) < 4.78 is 0. The average Bonchev–Trinajstić information content (AvgIpc) is 2.11. The molecule has 0 aliphatic carbocycles.